The van der Waals surface area contributed by atoms with E-state index < -0.39 is 29.3 Å². The summed E-state index contributed by atoms with van der Waals surface area (Å²) < 4.78 is 11.2. The number of amides is 4. The van der Waals surface area contributed by atoms with Crippen molar-refractivity contribution >= 4 is 34.6 Å². The maximum atomic E-state index is 14.6. The number of hydrogen-bond acceptors (Lipinski definition) is 6. The van der Waals surface area contributed by atoms with Crippen molar-refractivity contribution in [3.05, 3.63) is 95.6 Å². The van der Waals surface area contributed by atoms with E-state index in [0.717, 1.165) is 40.3 Å². The van der Waals surface area contributed by atoms with Gasteiger partial charge in [-0.2, -0.15) is 0 Å². The number of carbonyl (C=O) groups is 4. The lowest BCUT2D eigenvalue weighted by molar-refractivity contribution is -0.146. The van der Waals surface area contributed by atoms with E-state index in [1.807, 2.05) is 93.6 Å². The summed E-state index contributed by atoms with van der Waals surface area (Å²) in [4.78, 5) is 57.8. The Morgan fingerprint density at radius 1 is 0.865 bits per heavy atom. The van der Waals surface area contributed by atoms with E-state index in [-0.39, 0.29) is 30.2 Å². The van der Waals surface area contributed by atoms with Crippen molar-refractivity contribution in [2.45, 2.75) is 103 Å². The minimum atomic E-state index is -0.917. The van der Waals surface area contributed by atoms with Crippen LogP contribution in [0.25, 0.3) is 10.8 Å². The van der Waals surface area contributed by atoms with Gasteiger partial charge in [0.25, 0.3) is 0 Å². The average molecular weight is 713 g/mol. The van der Waals surface area contributed by atoms with Gasteiger partial charge in [-0.1, -0.05) is 78.4 Å². The van der Waals surface area contributed by atoms with Crippen molar-refractivity contribution in [2.24, 2.45) is 0 Å². The fraction of sp³-hybridized carbons (Fsp3) is 0.476. The molecule has 1 aliphatic heterocycles. The lowest BCUT2D eigenvalue weighted by Crippen LogP contribution is -2.56. The summed E-state index contributed by atoms with van der Waals surface area (Å²) in [5, 5.41) is 8.01. The first-order chi connectivity index (χ1) is 24.5. The number of alkyl carbamates (subject to hydrolysis) is 1. The van der Waals surface area contributed by atoms with Crippen LogP contribution in [-0.4, -0.2) is 90.2 Å². The fourth-order valence-electron chi connectivity index (χ4n) is 6.59. The normalized spacial score (nSPS) is 16.2. The smallest absolute Gasteiger partial charge is 0.408 e. The molecule has 4 rings (SSSR count). The molecule has 0 aromatic heterocycles. The van der Waals surface area contributed by atoms with Crippen LogP contribution in [-0.2, 0) is 36.7 Å². The van der Waals surface area contributed by atoms with Crippen LogP contribution in [0.5, 0.6) is 0 Å². The highest BCUT2D eigenvalue weighted by atomic mass is 16.6. The van der Waals surface area contributed by atoms with E-state index in [0.29, 0.717) is 26.0 Å². The molecule has 4 amide bonds. The van der Waals surface area contributed by atoms with Crippen LogP contribution in [0.15, 0.2) is 84.4 Å². The van der Waals surface area contributed by atoms with Crippen LogP contribution >= 0.6 is 0 Å². The van der Waals surface area contributed by atoms with Crippen molar-refractivity contribution in [2.75, 3.05) is 27.2 Å². The van der Waals surface area contributed by atoms with Gasteiger partial charge in [0.1, 0.15) is 17.7 Å². The third kappa shape index (κ3) is 11.9. The second-order valence-electron chi connectivity index (χ2n) is 15.6. The number of carbonyl (C=O) groups excluding carboxylic acids is 4. The molecule has 3 atom stereocenters. The highest BCUT2D eigenvalue weighted by Gasteiger charge is 2.35. The Balaban J connectivity index is 1.60. The zero-order valence-corrected chi connectivity index (χ0v) is 32.0. The number of nitrogens with one attached hydrogen (secondary N) is 2. The number of nitrogens with zero attached hydrogens (tertiary/aromatic N) is 2. The highest BCUT2D eigenvalue weighted by Crippen LogP contribution is 2.22. The first-order valence-electron chi connectivity index (χ1n) is 18.1. The molecule has 0 radical (unpaired) electrons. The Morgan fingerprint density at radius 3 is 2.17 bits per heavy atom. The molecule has 0 saturated carbocycles. The summed E-state index contributed by atoms with van der Waals surface area (Å²) in [5.41, 5.74) is 1.17. The summed E-state index contributed by atoms with van der Waals surface area (Å²) in [5.74, 6) is -0.986. The molecule has 3 aromatic carbocycles. The second kappa shape index (κ2) is 17.7. The summed E-state index contributed by atoms with van der Waals surface area (Å²) >= 11 is 0. The molecular formula is C42H56N4O6. The van der Waals surface area contributed by atoms with Gasteiger partial charge in [-0.3, -0.25) is 14.4 Å². The van der Waals surface area contributed by atoms with Gasteiger partial charge >= 0.3 is 6.09 Å². The van der Waals surface area contributed by atoms with Crippen LogP contribution in [0.1, 0.15) is 71.9 Å². The number of hydrogen-bond donors (Lipinski definition) is 2. The molecule has 10 heteroatoms. The number of fused-ring (bicyclic) bond motifs is 1. The van der Waals surface area contributed by atoms with Gasteiger partial charge in [-0.15, -0.1) is 0 Å². The zero-order chi connectivity index (χ0) is 38.1. The quantitative estimate of drug-likeness (QED) is 0.192. The molecule has 10 nitrogen and oxygen atoms in total. The van der Waals surface area contributed by atoms with Crippen molar-refractivity contribution < 1.29 is 28.7 Å². The maximum absolute atomic E-state index is 14.6. The summed E-state index contributed by atoms with van der Waals surface area (Å²) in [6.07, 6.45) is 3.67. The number of likely N-dealkylation sites (N-methyl/N-ethyl adjacent to an activating group) is 2. The lowest BCUT2D eigenvalue weighted by atomic mass is 9.95. The Kier molecular flexibility index (Phi) is 13.6. The molecular weight excluding hydrogens is 656 g/mol. The van der Waals surface area contributed by atoms with Crippen LogP contribution in [0, 0.1) is 0 Å². The predicted octanol–water partition coefficient (Wildman–Crippen LogP) is 6.21. The van der Waals surface area contributed by atoms with Crippen LogP contribution in [0.3, 0.4) is 0 Å². The van der Waals surface area contributed by atoms with E-state index in [2.05, 4.69) is 10.6 Å². The van der Waals surface area contributed by atoms with Gasteiger partial charge < -0.3 is 29.9 Å². The summed E-state index contributed by atoms with van der Waals surface area (Å²) in [7, 11) is 3.26. The van der Waals surface area contributed by atoms with Crippen LogP contribution in [0.2, 0.25) is 0 Å². The monoisotopic (exact) mass is 712 g/mol. The molecule has 0 aliphatic carbocycles. The highest BCUT2D eigenvalue weighted by molar-refractivity contribution is 5.95. The SMILES string of the molecule is C/C(=C\C(=O)N(C)[C@H](Cc1ccc2ccccc2c1)C(=O)N(C)[C@H](Cc1ccccc1)C(=O)NCC1CCCO1)CC(C)(C)NC(=O)OC(C)(C)C. The summed E-state index contributed by atoms with van der Waals surface area (Å²) in [6, 6.07) is 21.9. The average Bonchev–Trinajstić information content (AvgIpc) is 3.60. The molecule has 280 valence electrons. The van der Waals surface area contributed by atoms with E-state index in [4.69, 9.17) is 9.47 Å². The molecule has 0 bridgehead atoms. The van der Waals surface area contributed by atoms with Gasteiger partial charge in [0, 0.05) is 51.7 Å². The minimum Gasteiger partial charge on any atom is -0.444 e. The molecule has 52 heavy (non-hydrogen) atoms. The maximum Gasteiger partial charge on any atom is 0.408 e. The molecule has 1 saturated heterocycles. The van der Waals surface area contributed by atoms with E-state index >= 15 is 0 Å². The van der Waals surface area contributed by atoms with E-state index in [1.165, 1.54) is 15.9 Å². The second-order valence-corrected chi connectivity index (χ2v) is 15.6. The molecule has 1 fully saturated rings. The van der Waals surface area contributed by atoms with Crippen molar-refractivity contribution in [3.8, 4) is 0 Å². The third-order valence-electron chi connectivity index (χ3n) is 9.19. The molecule has 1 heterocycles. The largest absolute Gasteiger partial charge is 0.444 e. The van der Waals surface area contributed by atoms with Gasteiger partial charge in [-0.05, 0) is 82.7 Å². The topological polar surface area (TPSA) is 117 Å². The minimum absolute atomic E-state index is 0.0499. The van der Waals surface area contributed by atoms with Gasteiger partial charge in [0.15, 0.2) is 0 Å². The summed E-state index contributed by atoms with van der Waals surface area (Å²) in [6.45, 7) is 12.0. The number of rotatable bonds is 14. The molecule has 1 aliphatic rings. The molecule has 2 N–H and O–H groups in total. The van der Waals surface area contributed by atoms with E-state index in [1.54, 1.807) is 34.9 Å². The number of benzene rings is 3. The standard InChI is InChI=1S/C42H56N4O6/c1-29(27-42(5,6)44-40(50)52-41(2,3)4)23-37(47)45(7)36(26-31-20-21-32-17-12-13-18-33(32)24-31)39(49)46(8)35(25-30-15-10-9-11-16-30)38(48)43-28-34-19-14-22-51-34/h9-13,15-18,20-21,23-24,34-36H,14,19,22,25-28H2,1-8H3,(H,43,48)(H,44,50)/b29-23+/t34?,35-,36-/m1/s1. The Labute approximate surface area is 308 Å². The van der Waals surface area contributed by atoms with Crippen molar-refractivity contribution in [3.63, 3.8) is 0 Å². The zero-order valence-electron chi connectivity index (χ0n) is 32.0. The van der Waals surface area contributed by atoms with E-state index in [9.17, 15) is 19.2 Å². The molecule has 0 spiro atoms. The van der Waals surface area contributed by atoms with Crippen molar-refractivity contribution in [1.29, 1.82) is 0 Å². The Bertz CT molecular complexity index is 1720. The van der Waals surface area contributed by atoms with Crippen LogP contribution < -0.4 is 10.6 Å². The lowest BCUT2D eigenvalue weighted by Gasteiger charge is -2.34. The third-order valence-corrected chi connectivity index (χ3v) is 9.19. The van der Waals surface area contributed by atoms with Crippen LogP contribution in [0.4, 0.5) is 4.79 Å². The van der Waals surface area contributed by atoms with Gasteiger partial charge in [-0.25, -0.2) is 4.79 Å². The fourth-order valence-corrected chi connectivity index (χ4v) is 6.59. The molecule has 3 aromatic rings. The van der Waals surface area contributed by atoms with Gasteiger partial charge in [0.05, 0.1) is 6.10 Å². The van der Waals surface area contributed by atoms with Gasteiger partial charge in [0.2, 0.25) is 17.7 Å². The first kappa shape index (κ1) is 40.1. The number of ether oxygens (including phenoxy) is 2. The Morgan fingerprint density at radius 2 is 1.52 bits per heavy atom. The predicted molar refractivity (Wildman–Crippen MR) is 205 cm³/mol. The Hall–Kier alpha value is -4.70. The first-order valence-corrected chi connectivity index (χ1v) is 18.1. The molecule has 1 unspecified atom stereocenters. The van der Waals surface area contributed by atoms with Crippen molar-refractivity contribution in [1.82, 2.24) is 20.4 Å².